The summed E-state index contributed by atoms with van der Waals surface area (Å²) in [5.41, 5.74) is 2.33. The summed E-state index contributed by atoms with van der Waals surface area (Å²) >= 11 is 0. The van der Waals surface area contributed by atoms with Gasteiger partial charge in [0.15, 0.2) is 5.82 Å². The molecule has 0 radical (unpaired) electrons. The van der Waals surface area contributed by atoms with Crippen LogP contribution in [0.15, 0.2) is 42.7 Å². The van der Waals surface area contributed by atoms with Crippen LogP contribution < -0.4 is 0 Å². The van der Waals surface area contributed by atoms with E-state index in [1.54, 1.807) is 12.4 Å². The van der Waals surface area contributed by atoms with E-state index in [9.17, 15) is 4.79 Å². The van der Waals surface area contributed by atoms with Crippen molar-refractivity contribution >= 4 is 16.7 Å². The van der Waals surface area contributed by atoms with Gasteiger partial charge in [-0.05, 0) is 31.5 Å². The van der Waals surface area contributed by atoms with Crippen LogP contribution in [0.5, 0.6) is 0 Å². The number of imidazole rings is 1. The lowest BCUT2D eigenvalue weighted by atomic mass is 10.1. The van der Waals surface area contributed by atoms with E-state index in [1.165, 1.54) is 0 Å². The summed E-state index contributed by atoms with van der Waals surface area (Å²) in [5, 5.41) is 1.07. The molecule has 1 aromatic carbocycles. The van der Waals surface area contributed by atoms with E-state index in [0.717, 1.165) is 16.5 Å². The van der Waals surface area contributed by atoms with Crippen molar-refractivity contribution in [3.8, 4) is 0 Å². The van der Waals surface area contributed by atoms with Gasteiger partial charge in [0.1, 0.15) is 5.69 Å². The van der Waals surface area contributed by atoms with Crippen molar-refractivity contribution in [2.24, 2.45) is 0 Å². The van der Waals surface area contributed by atoms with Gasteiger partial charge in [-0.3, -0.25) is 4.79 Å². The molecular weight excluding hydrogens is 250 g/mol. The van der Waals surface area contributed by atoms with Gasteiger partial charge >= 0.3 is 0 Å². The Hall–Kier alpha value is -2.49. The molecule has 0 atom stereocenters. The van der Waals surface area contributed by atoms with Crippen molar-refractivity contribution < 1.29 is 4.79 Å². The van der Waals surface area contributed by atoms with E-state index in [-0.39, 0.29) is 5.78 Å². The lowest BCUT2D eigenvalue weighted by Crippen LogP contribution is -2.12. The average Bonchev–Trinajstić information content (AvgIpc) is 2.95. The zero-order chi connectivity index (χ0) is 14.1. The Balaban J connectivity index is 2.13. The van der Waals surface area contributed by atoms with Crippen LogP contribution in [0.2, 0.25) is 0 Å². The third-order valence-corrected chi connectivity index (χ3v) is 3.41. The maximum Gasteiger partial charge on any atom is 0.246 e. The first-order chi connectivity index (χ1) is 9.70. The van der Waals surface area contributed by atoms with Crippen LogP contribution in [0, 0.1) is 6.92 Å². The van der Waals surface area contributed by atoms with Crippen molar-refractivity contribution in [3.05, 3.63) is 59.8 Å². The molecular formula is C16H15N3O. The number of para-hydroxylation sites is 1. The van der Waals surface area contributed by atoms with Gasteiger partial charge < -0.3 is 4.57 Å². The molecule has 0 unspecified atom stereocenters. The number of nitrogens with zero attached hydrogens (tertiary/aromatic N) is 3. The molecule has 0 spiro atoms. The second-order valence-corrected chi connectivity index (χ2v) is 4.71. The van der Waals surface area contributed by atoms with Crippen molar-refractivity contribution in [1.29, 1.82) is 0 Å². The van der Waals surface area contributed by atoms with Crippen molar-refractivity contribution in [2.75, 3.05) is 0 Å². The third kappa shape index (κ3) is 1.99. The van der Waals surface area contributed by atoms with E-state index < -0.39 is 0 Å². The molecule has 4 nitrogen and oxygen atoms in total. The maximum atomic E-state index is 12.5. The van der Waals surface area contributed by atoms with Crippen LogP contribution in [0.25, 0.3) is 10.9 Å². The van der Waals surface area contributed by atoms with Crippen molar-refractivity contribution in [2.45, 2.75) is 20.4 Å². The summed E-state index contributed by atoms with van der Waals surface area (Å²) in [4.78, 5) is 21.1. The number of hydrogen-bond acceptors (Lipinski definition) is 3. The van der Waals surface area contributed by atoms with Crippen LogP contribution in [0.4, 0.5) is 0 Å². The molecule has 3 aromatic rings. The van der Waals surface area contributed by atoms with Gasteiger partial charge in [-0.2, -0.15) is 0 Å². The molecule has 2 aromatic heterocycles. The van der Waals surface area contributed by atoms with Gasteiger partial charge in [0.2, 0.25) is 5.78 Å². The van der Waals surface area contributed by atoms with Gasteiger partial charge in [-0.1, -0.05) is 18.2 Å². The number of fused-ring (bicyclic) bond motifs is 1. The van der Waals surface area contributed by atoms with Crippen LogP contribution in [-0.4, -0.2) is 20.3 Å². The summed E-state index contributed by atoms with van der Waals surface area (Å²) in [6.07, 6.45) is 3.45. The van der Waals surface area contributed by atoms with E-state index in [0.29, 0.717) is 18.1 Å². The summed E-state index contributed by atoms with van der Waals surface area (Å²) in [7, 11) is 0. The fraction of sp³-hybridized carbons (Fsp3) is 0.188. The standard InChI is InChI=1S/C16H15N3O/c1-3-19-9-8-17-16(19)15(20)14-10-11(2)12-6-4-5-7-13(12)18-14/h4-10H,3H2,1-2H3. The fourth-order valence-electron chi connectivity index (χ4n) is 2.35. The monoisotopic (exact) mass is 265 g/mol. The summed E-state index contributed by atoms with van der Waals surface area (Å²) in [6, 6.07) is 9.67. The minimum atomic E-state index is -0.134. The Morgan fingerprint density at radius 2 is 2.10 bits per heavy atom. The molecule has 20 heavy (non-hydrogen) atoms. The van der Waals surface area contributed by atoms with Gasteiger partial charge in [0, 0.05) is 24.3 Å². The Labute approximate surface area is 117 Å². The molecule has 100 valence electrons. The highest BCUT2D eigenvalue weighted by atomic mass is 16.1. The Morgan fingerprint density at radius 3 is 2.90 bits per heavy atom. The predicted octanol–water partition coefficient (Wildman–Crippen LogP) is 2.99. The number of hydrogen-bond donors (Lipinski definition) is 0. The number of carbonyl (C=O) groups excluding carboxylic acids is 1. The molecule has 0 aliphatic rings. The quantitative estimate of drug-likeness (QED) is 0.684. The minimum absolute atomic E-state index is 0.134. The second-order valence-electron chi connectivity index (χ2n) is 4.71. The average molecular weight is 265 g/mol. The van der Waals surface area contributed by atoms with Gasteiger partial charge in [-0.25, -0.2) is 9.97 Å². The Bertz CT molecular complexity index is 789. The first-order valence-corrected chi connectivity index (χ1v) is 6.63. The molecule has 0 amide bonds. The highest BCUT2D eigenvalue weighted by Crippen LogP contribution is 2.18. The fourth-order valence-corrected chi connectivity index (χ4v) is 2.35. The molecule has 0 aliphatic heterocycles. The van der Waals surface area contributed by atoms with Gasteiger partial charge in [-0.15, -0.1) is 0 Å². The van der Waals surface area contributed by atoms with E-state index in [1.807, 2.05) is 48.7 Å². The second kappa shape index (κ2) is 4.89. The van der Waals surface area contributed by atoms with Crippen LogP contribution in [0.3, 0.4) is 0 Å². The third-order valence-electron chi connectivity index (χ3n) is 3.41. The maximum absolute atomic E-state index is 12.5. The van der Waals surface area contributed by atoms with Gasteiger partial charge in [0.05, 0.1) is 5.52 Å². The molecule has 0 bridgehead atoms. The smallest absolute Gasteiger partial charge is 0.246 e. The lowest BCUT2D eigenvalue weighted by molar-refractivity contribution is 0.102. The lowest BCUT2D eigenvalue weighted by Gasteiger charge is -2.06. The molecule has 0 fully saturated rings. The van der Waals surface area contributed by atoms with E-state index in [4.69, 9.17) is 0 Å². The SMILES string of the molecule is CCn1ccnc1C(=O)c1cc(C)c2ccccc2n1. The first-order valence-electron chi connectivity index (χ1n) is 6.63. The number of rotatable bonds is 3. The zero-order valence-corrected chi connectivity index (χ0v) is 11.5. The Kier molecular flexibility index (Phi) is 3.06. The number of benzene rings is 1. The number of carbonyl (C=O) groups is 1. The largest absolute Gasteiger partial charge is 0.328 e. The highest BCUT2D eigenvalue weighted by Gasteiger charge is 2.17. The molecule has 0 aliphatic carbocycles. The zero-order valence-electron chi connectivity index (χ0n) is 11.5. The van der Waals surface area contributed by atoms with Crippen LogP contribution >= 0.6 is 0 Å². The topological polar surface area (TPSA) is 47.8 Å². The minimum Gasteiger partial charge on any atom is -0.328 e. The highest BCUT2D eigenvalue weighted by molar-refractivity contribution is 6.06. The van der Waals surface area contributed by atoms with E-state index in [2.05, 4.69) is 9.97 Å². The van der Waals surface area contributed by atoms with Gasteiger partial charge in [0.25, 0.3) is 0 Å². The normalized spacial score (nSPS) is 10.9. The molecule has 0 N–H and O–H groups in total. The molecule has 0 saturated heterocycles. The van der Waals surface area contributed by atoms with Crippen molar-refractivity contribution in [3.63, 3.8) is 0 Å². The summed E-state index contributed by atoms with van der Waals surface area (Å²) < 4.78 is 1.83. The molecule has 4 heteroatoms. The molecule has 0 saturated carbocycles. The molecule has 3 rings (SSSR count). The molecule has 2 heterocycles. The van der Waals surface area contributed by atoms with E-state index >= 15 is 0 Å². The number of pyridine rings is 1. The number of aromatic nitrogens is 3. The van der Waals surface area contributed by atoms with Crippen molar-refractivity contribution in [1.82, 2.24) is 14.5 Å². The Morgan fingerprint density at radius 1 is 1.30 bits per heavy atom. The summed E-state index contributed by atoms with van der Waals surface area (Å²) in [5.74, 6) is 0.306. The van der Waals surface area contributed by atoms with Crippen LogP contribution in [-0.2, 0) is 6.54 Å². The first kappa shape index (κ1) is 12.5. The van der Waals surface area contributed by atoms with Crippen LogP contribution in [0.1, 0.15) is 28.8 Å². The number of ketones is 1. The predicted molar refractivity (Wildman–Crippen MR) is 77.8 cm³/mol. The summed E-state index contributed by atoms with van der Waals surface area (Å²) in [6.45, 7) is 4.69. The number of aryl methyl sites for hydroxylation is 2.